The number of carbonyl (C=O) groups is 1. The lowest BCUT2D eigenvalue weighted by Crippen LogP contribution is -2.05. The summed E-state index contributed by atoms with van der Waals surface area (Å²) in [7, 11) is 0. The minimum atomic E-state index is -0.0130. The summed E-state index contributed by atoms with van der Waals surface area (Å²) in [5.41, 5.74) is 2.57. The molecule has 0 bridgehead atoms. The molecule has 0 aliphatic rings. The Kier molecular flexibility index (Phi) is 3.25. The average Bonchev–Trinajstić information content (AvgIpc) is 2.53. The topological polar surface area (TPSA) is 42.9 Å². The first kappa shape index (κ1) is 12.5. The number of aromatic nitrogens is 2. The lowest BCUT2D eigenvalue weighted by molar-refractivity contribution is 0.112. The third-order valence-electron chi connectivity index (χ3n) is 3.48. The molecule has 1 heterocycles. The van der Waals surface area contributed by atoms with E-state index in [1.165, 1.54) is 0 Å². The molecule has 0 spiro atoms. The Bertz CT molecular complexity index is 768. The lowest BCUT2D eigenvalue weighted by atomic mass is 9.95. The van der Waals surface area contributed by atoms with Crippen LogP contribution in [0.4, 0.5) is 0 Å². The van der Waals surface area contributed by atoms with Gasteiger partial charge in [0.25, 0.3) is 0 Å². The van der Waals surface area contributed by atoms with Crippen molar-refractivity contribution < 1.29 is 4.79 Å². The number of fused-ring (bicyclic) bond motifs is 1. The van der Waals surface area contributed by atoms with E-state index < -0.39 is 0 Å². The number of benzene rings is 2. The van der Waals surface area contributed by atoms with Crippen molar-refractivity contribution in [3.8, 4) is 0 Å². The molecular formula is C17H14N2O. The molecule has 3 nitrogen and oxygen atoms in total. The Hall–Kier alpha value is -2.55. The van der Waals surface area contributed by atoms with Crippen molar-refractivity contribution in [1.29, 1.82) is 0 Å². The van der Waals surface area contributed by atoms with Crippen LogP contribution in [0, 0.1) is 0 Å². The summed E-state index contributed by atoms with van der Waals surface area (Å²) in [6, 6.07) is 15.5. The van der Waals surface area contributed by atoms with E-state index in [9.17, 15) is 4.79 Å². The summed E-state index contributed by atoms with van der Waals surface area (Å²) in [5, 5.41) is 1.02. The van der Waals surface area contributed by atoms with Crippen LogP contribution in [0.3, 0.4) is 0 Å². The fraction of sp³-hybridized carbons (Fsp3) is 0.118. The first-order chi connectivity index (χ1) is 9.79. The van der Waals surface area contributed by atoms with Gasteiger partial charge in [0, 0.05) is 23.1 Å². The Morgan fingerprint density at radius 1 is 1.05 bits per heavy atom. The molecule has 1 unspecified atom stereocenters. The maximum atomic E-state index is 11.1. The summed E-state index contributed by atoms with van der Waals surface area (Å²) < 4.78 is 0. The Labute approximate surface area is 117 Å². The van der Waals surface area contributed by atoms with Gasteiger partial charge in [-0.05, 0) is 11.6 Å². The van der Waals surface area contributed by atoms with E-state index in [1.54, 1.807) is 0 Å². The summed E-state index contributed by atoms with van der Waals surface area (Å²) in [6.07, 6.45) is 2.71. The van der Waals surface area contributed by atoms with Gasteiger partial charge in [-0.15, -0.1) is 0 Å². The van der Waals surface area contributed by atoms with Crippen LogP contribution in [0.2, 0.25) is 0 Å². The second kappa shape index (κ2) is 5.21. The van der Waals surface area contributed by atoms with Crippen LogP contribution in [-0.4, -0.2) is 16.3 Å². The zero-order valence-corrected chi connectivity index (χ0v) is 11.2. The second-order valence-electron chi connectivity index (χ2n) is 4.76. The predicted molar refractivity (Wildman–Crippen MR) is 78.9 cm³/mol. The summed E-state index contributed by atoms with van der Waals surface area (Å²) in [4.78, 5) is 20.2. The van der Waals surface area contributed by atoms with Crippen LogP contribution in [0.1, 0.15) is 34.6 Å². The lowest BCUT2D eigenvalue weighted by Gasteiger charge is -2.13. The van der Waals surface area contributed by atoms with Gasteiger partial charge >= 0.3 is 0 Å². The van der Waals surface area contributed by atoms with Gasteiger partial charge in [0.2, 0.25) is 0 Å². The fourth-order valence-electron chi connectivity index (χ4n) is 2.35. The smallest absolute Gasteiger partial charge is 0.150 e. The highest BCUT2D eigenvalue weighted by molar-refractivity contribution is 5.79. The summed E-state index contributed by atoms with van der Waals surface area (Å²) >= 11 is 0. The van der Waals surface area contributed by atoms with E-state index in [1.807, 2.05) is 61.7 Å². The highest BCUT2D eigenvalue weighted by atomic mass is 16.1. The number of aldehydes is 1. The largest absolute Gasteiger partial charge is 0.298 e. The van der Waals surface area contributed by atoms with E-state index in [-0.39, 0.29) is 5.92 Å². The molecule has 3 heteroatoms. The Morgan fingerprint density at radius 2 is 1.80 bits per heavy atom. The minimum Gasteiger partial charge on any atom is -0.298 e. The SMILES string of the molecule is CC(c1ncc2ccccc2n1)c1ccccc1C=O. The number of para-hydroxylation sites is 1. The quantitative estimate of drug-likeness (QED) is 0.677. The highest BCUT2D eigenvalue weighted by Gasteiger charge is 2.15. The molecule has 0 aliphatic heterocycles. The molecule has 0 saturated heterocycles. The number of hydrogen-bond donors (Lipinski definition) is 0. The van der Waals surface area contributed by atoms with Crippen LogP contribution in [0.15, 0.2) is 54.7 Å². The molecule has 0 N–H and O–H groups in total. The van der Waals surface area contributed by atoms with E-state index in [0.29, 0.717) is 5.56 Å². The summed E-state index contributed by atoms with van der Waals surface area (Å²) in [5.74, 6) is 0.721. The molecule has 3 rings (SSSR count). The fourth-order valence-corrected chi connectivity index (χ4v) is 2.35. The number of rotatable bonds is 3. The molecule has 0 radical (unpaired) electrons. The molecule has 0 saturated carbocycles. The molecule has 0 aliphatic carbocycles. The maximum absolute atomic E-state index is 11.1. The van der Waals surface area contributed by atoms with Crippen molar-refractivity contribution in [1.82, 2.24) is 9.97 Å². The number of nitrogens with zero attached hydrogens (tertiary/aromatic N) is 2. The zero-order valence-electron chi connectivity index (χ0n) is 11.2. The van der Waals surface area contributed by atoms with Gasteiger partial charge in [-0.1, -0.05) is 49.4 Å². The molecule has 1 atom stereocenters. The molecular weight excluding hydrogens is 248 g/mol. The molecule has 1 aromatic heterocycles. The van der Waals surface area contributed by atoms with Crippen LogP contribution < -0.4 is 0 Å². The third-order valence-corrected chi connectivity index (χ3v) is 3.48. The van der Waals surface area contributed by atoms with Crippen molar-refractivity contribution in [3.63, 3.8) is 0 Å². The standard InChI is InChI=1S/C17H14N2O/c1-12(15-8-4-2-7-14(15)11-20)17-18-10-13-6-3-5-9-16(13)19-17/h2-12H,1H3. The second-order valence-corrected chi connectivity index (χ2v) is 4.76. The van der Waals surface area contributed by atoms with Crippen molar-refractivity contribution in [2.45, 2.75) is 12.8 Å². The van der Waals surface area contributed by atoms with Gasteiger partial charge in [0.1, 0.15) is 12.1 Å². The van der Waals surface area contributed by atoms with Crippen molar-refractivity contribution in [3.05, 3.63) is 71.7 Å². The predicted octanol–water partition coefficient (Wildman–Crippen LogP) is 3.59. The zero-order chi connectivity index (χ0) is 13.9. The molecule has 98 valence electrons. The summed E-state index contributed by atoms with van der Waals surface area (Å²) in [6.45, 7) is 2.02. The Balaban J connectivity index is 2.07. The van der Waals surface area contributed by atoms with E-state index in [0.717, 1.165) is 28.6 Å². The number of carbonyl (C=O) groups excluding carboxylic acids is 1. The normalized spacial score (nSPS) is 12.2. The first-order valence-corrected chi connectivity index (χ1v) is 6.55. The van der Waals surface area contributed by atoms with Gasteiger partial charge in [-0.3, -0.25) is 4.79 Å². The first-order valence-electron chi connectivity index (χ1n) is 6.55. The van der Waals surface area contributed by atoms with Crippen LogP contribution in [0.5, 0.6) is 0 Å². The van der Waals surface area contributed by atoms with Gasteiger partial charge in [0.15, 0.2) is 0 Å². The molecule has 0 fully saturated rings. The third kappa shape index (κ3) is 2.18. The van der Waals surface area contributed by atoms with Crippen molar-refractivity contribution >= 4 is 17.2 Å². The highest BCUT2D eigenvalue weighted by Crippen LogP contribution is 2.24. The van der Waals surface area contributed by atoms with Crippen LogP contribution >= 0.6 is 0 Å². The maximum Gasteiger partial charge on any atom is 0.150 e. The molecule has 2 aromatic carbocycles. The van der Waals surface area contributed by atoms with Gasteiger partial charge < -0.3 is 0 Å². The van der Waals surface area contributed by atoms with Gasteiger partial charge in [0.05, 0.1) is 5.52 Å². The van der Waals surface area contributed by atoms with Crippen LogP contribution in [-0.2, 0) is 0 Å². The monoisotopic (exact) mass is 262 g/mol. The van der Waals surface area contributed by atoms with E-state index in [2.05, 4.69) is 9.97 Å². The molecule has 20 heavy (non-hydrogen) atoms. The van der Waals surface area contributed by atoms with Gasteiger partial charge in [-0.2, -0.15) is 0 Å². The molecule has 0 amide bonds. The number of hydrogen-bond acceptors (Lipinski definition) is 3. The van der Waals surface area contributed by atoms with Crippen molar-refractivity contribution in [2.24, 2.45) is 0 Å². The van der Waals surface area contributed by atoms with E-state index >= 15 is 0 Å². The van der Waals surface area contributed by atoms with Crippen LogP contribution in [0.25, 0.3) is 10.9 Å². The van der Waals surface area contributed by atoms with E-state index in [4.69, 9.17) is 0 Å². The Morgan fingerprint density at radius 3 is 2.65 bits per heavy atom. The molecule has 3 aromatic rings. The van der Waals surface area contributed by atoms with Crippen molar-refractivity contribution in [2.75, 3.05) is 0 Å². The average molecular weight is 262 g/mol. The van der Waals surface area contributed by atoms with Gasteiger partial charge in [-0.25, -0.2) is 9.97 Å². The minimum absolute atomic E-state index is 0.0130.